The van der Waals surface area contributed by atoms with Gasteiger partial charge in [0.1, 0.15) is 11.5 Å². The molecule has 3 N–H and O–H groups in total. The van der Waals surface area contributed by atoms with Gasteiger partial charge in [0.2, 0.25) is 0 Å². The third-order valence-corrected chi connectivity index (χ3v) is 4.03. The van der Waals surface area contributed by atoms with E-state index in [2.05, 4.69) is 10.4 Å². The molecular weight excluding hydrogens is 397 g/mol. The summed E-state index contributed by atoms with van der Waals surface area (Å²) in [6, 6.07) is 9.31. The number of carbonyl (C=O) groups excluding carboxylic acids is 2. The first-order chi connectivity index (χ1) is 14.3. The lowest BCUT2D eigenvalue weighted by Gasteiger charge is -2.09. The third kappa shape index (κ3) is 4.24. The van der Waals surface area contributed by atoms with Gasteiger partial charge in [0.25, 0.3) is 11.6 Å². The van der Waals surface area contributed by atoms with E-state index in [9.17, 15) is 24.1 Å². The highest BCUT2D eigenvalue weighted by molar-refractivity contribution is 6.09. The van der Waals surface area contributed by atoms with Crippen molar-refractivity contribution in [2.75, 3.05) is 17.7 Å². The van der Waals surface area contributed by atoms with E-state index in [4.69, 9.17) is 10.5 Å². The number of nitro groups is 1. The van der Waals surface area contributed by atoms with Gasteiger partial charge < -0.3 is 15.8 Å². The van der Waals surface area contributed by atoms with Crippen LogP contribution in [-0.2, 0) is 4.74 Å². The smallest absolute Gasteiger partial charge is 0.358 e. The minimum atomic E-state index is -0.951. The number of nitrogens with one attached hydrogen (secondary N) is 1. The number of benzene rings is 2. The summed E-state index contributed by atoms with van der Waals surface area (Å²) in [5, 5.41) is 17.6. The van der Waals surface area contributed by atoms with Crippen molar-refractivity contribution in [2.24, 2.45) is 0 Å². The SMILES string of the molecule is CCOC(=O)c1ccn(-c2ccc(NC(=O)c3cc(F)cc([N+](=O)[O-])c3N)cc2)n1. The summed E-state index contributed by atoms with van der Waals surface area (Å²) in [7, 11) is 0. The Morgan fingerprint density at radius 2 is 1.97 bits per heavy atom. The van der Waals surface area contributed by atoms with Crippen LogP contribution in [-0.4, -0.2) is 33.2 Å². The molecular formula is C19H16FN5O5. The molecule has 3 rings (SSSR count). The Bertz CT molecular complexity index is 1130. The van der Waals surface area contributed by atoms with Crippen molar-refractivity contribution in [2.45, 2.75) is 6.92 Å². The van der Waals surface area contributed by atoms with Crippen LogP contribution in [0.25, 0.3) is 5.69 Å². The molecule has 2 aromatic carbocycles. The fourth-order valence-electron chi connectivity index (χ4n) is 2.62. The van der Waals surface area contributed by atoms with Gasteiger partial charge in [0, 0.05) is 11.9 Å². The number of halogens is 1. The number of nitrogens with two attached hydrogens (primary N) is 1. The maximum Gasteiger partial charge on any atom is 0.358 e. The zero-order valence-corrected chi connectivity index (χ0v) is 15.7. The van der Waals surface area contributed by atoms with Crippen LogP contribution in [0.5, 0.6) is 0 Å². The molecule has 0 aliphatic heterocycles. The van der Waals surface area contributed by atoms with Crippen LogP contribution >= 0.6 is 0 Å². The Kier molecular flexibility index (Phi) is 5.72. The fraction of sp³-hybridized carbons (Fsp3) is 0.105. The number of nitrogen functional groups attached to an aromatic ring is 1. The summed E-state index contributed by atoms with van der Waals surface area (Å²) in [4.78, 5) is 34.2. The highest BCUT2D eigenvalue weighted by Crippen LogP contribution is 2.27. The number of esters is 1. The van der Waals surface area contributed by atoms with Crippen LogP contribution in [0, 0.1) is 15.9 Å². The number of ether oxygens (including phenoxy) is 1. The van der Waals surface area contributed by atoms with E-state index >= 15 is 0 Å². The van der Waals surface area contributed by atoms with Gasteiger partial charge in [-0.15, -0.1) is 0 Å². The second-order valence-corrected chi connectivity index (χ2v) is 6.01. The average Bonchev–Trinajstić information content (AvgIpc) is 3.20. The summed E-state index contributed by atoms with van der Waals surface area (Å²) < 4.78 is 20.0. The summed E-state index contributed by atoms with van der Waals surface area (Å²) >= 11 is 0. The van der Waals surface area contributed by atoms with Crippen molar-refractivity contribution in [1.29, 1.82) is 0 Å². The maximum atomic E-state index is 13.6. The lowest BCUT2D eigenvalue weighted by Crippen LogP contribution is -2.15. The molecule has 0 radical (unpaired) electrons. The lowest BCUT2D eigenvalue weighted by atomic mass is 10.1. The molecule has 0 atom stereocenters. The average molecular weight is 413 g/mol. The van der Waals surface area contributed by atoms with Gasteiger partial charge in [-0.2, -0.15) is 5.10 Å². The molecule has 0 fully saturated rings. The number of hydrogen-bond acceptors (Lipinski definition) is 7. The molecule has 0 unspecified atom stereocenters. The third-order valence-electron chi connectivity index (χ3n) is 4.03. The number of rotatable bonds is 6. The highest BCUT2D eigenvalue weighted by Gasteiger charge is 2.22. The number of hydrogen-bond donors (Lipinski definition) is 2. The van der Waals surface area contributed by atoms with Crippen LogP contribution < -0.4 is 11.1 Å². The predicted octanol–water partition coefficient (Wildman–Crippen LogP) is 2.93. The number of carbonyl (C=O) groups is 2. The van der Waals surface area contributed by atoms with Crippen LogP contribution in [0.3, 0.4) is 0 Å². The normalized spacial score (nSPS) is 10.5. The molecule has 1 heterocycles. The van der Waals surface area contributed by atoms with Crippen LogP contribution in [0.4, 0.5) is 21.5 Å². The Morgan fingerprint density at radius 1 is 1.27 bits per heavy atom. The zero-order valence-electron chi connectivity index (χ0n) is 15.7. The van der Waals surface area contributed by atoms with Gasteiger partial charge in [-0.05, 0) is 43.3 Å². The molecule has 0 saturated heterocycles. The number of nitrogens with zero attached hydrogens (tertiary/aromatic N) is 3. The second-order valence-electron chi connectivity index (χ2n) is 6.01. The van der Waals surface area contributed by atoms with E-state index in [0.717, 1.165) is 6.07 Å². The molecule has 0 aliphatic rings. The van der Waals surface area contributed by atoms with E-state index in [1.54, 1.807) is 37.4 Å². The van der Waals surface area contributed by atoms with E-state index in [1.807, 2.05) is 0 Å². The summed E-state index contributed by atoms with van der Waals surface area (Å²) in [5.74, 6) is -2.29. The molecule has 0 aliphatic carbocycles. The Morgan fingerprint density at radius 3 is 2.60 bits per heavy atom. The Balaban J connectivity index is 1.77. The first-order valence-corrected chi connectivity index (χ1v) is 8.68. The van der Waals surface area contributed by atoms with Crippen molar-refractivity contribution in [3.63, 3.8) is 0 Å². The number of amides is 1. The fourth-order valence-corrected chi connectivity index (χ4v) is 2.62. The minimum absolute atomic E-state index is 0.150. The molecule has 10 nitrogen and oxygen atoms in total. The molecule has 3 aromatic rings. The standard InChI is InChI=1S/C19H16FN5O5/c1-2-30-19(27)15-7-8-24(23-15)13-5-3-12(4-6-13)22-18(26)14-9-11(20)10-16(17(14)21)25(28)29/h3-10H,2,21H2,1H3,(H,22,26). The number of nitro benzene ring substituents is 1. The highest BCUT2D eigenvalue weighted by atomic mass is 19.1. The van der Waals surface area contributed by atoms with E-state index in [1.165, 1.54) is 10.7 Å². The first kappa shape index (κ1) is 20.5. The molecule has 1 amide bonds. The summed E-state index contributed by atoms with van der Waals surface area (Å²) in [6.45, 7) is 1.93. The van der Waals surface area contributed by atoms with E-state index in [-0.39, 0.29) is 17.9 Å². The van der Waals surface area contributed by atoms with Crippen molar-refractivity contribution in [3.8, 4) is 5.69 Å². The maximum absolute atomic E-state index is 13.6. The van der Waals surface area contributed by atoms with Crippen molar-refractivity contribution >= 4 is 28.9 Å². The van der Waals surface area contributed by atoms with Crippen LogP contribution in [0.2, 0.25) is 0 Å². The number of aromatic nitrogens is 2. The van der Waals surface area contributed by atoms with E-state index in [0.29, 0.717) is 17.4 Å². The molecule has 0 bridgehead atoms. The summed E-state index contributed by atoms with van der Waals surface area (Å²) in [5.41, 5.74) is 5.26. The Labute approximate surface area is 169 Å². The van der Waals surface area contributed by atoms with Crippen molar-refractivity contribution in [1.82, 2.24) is 9.78 Å². The van der Waals surface area contributed by atoms with Gasteiger partial charge in [0.05, 0.1) is 28.8 Å². The van der Waals surface area contributed by atoms with Crippen molar-refractivity contribution in [3.05, 3.63) is 75.9 Å². The van der Waals surface area contributed by atoms with Gasteiger partial charge in [-0.25, -0.2) is 13.9 Å². The zero-order chi connectivity index (χ0) is 21.8. The molecule has 30 heavy (non-hydrogen) atoms. The minimum Gasteiger partial charge on any atom is -0.461 e. The topological polar surface area (TPSA) is 142 Å². The van der Waals surface area contributed by atoms with Gasteiger partial charge in [-0.3, -0.25) is 14.9 Å². The van der Waals surface area contributed by atoms with Crippen LogP contribution in [0.1, 0.15) is 27.8 Å². The lowest BCUT2D eigenvalue weighted by molar-refractivity contribution is -0.384. The molecule has 1 aromatic heterocycles. The second kappa shape index (κ2) is 8.39. The van der Waals surface area contributed by atoms with Gasteiger partial charge >= 0.3 is 5.97 Å². The van der Waals surface area contributed by atoms with E-state index < -0.39 is 34.0 Å². The molecule has 0 saturated carbocycles. The molecule has 11 heteroatoms. The van der Waals surface area contributed by atoms with Crippen LogP contribution in [0.15, 0.2) is 48.7 Å². The largest absolute Gasteiger partial charge is 0.461 e. The summed E-state index contributed by atoms with van der Waals surface area (Å²) in [6.07, 6.45) is 1.58. The van der Waals surface area contributed by atoms with Gasteiger partial charge in [-0.1, -0.05) is 0 Å². The number of anilines is 2. The monoisotopic (exact) mass is 413 g/mol. The Hall–Kier alpha value is -4.28. The first-order valence-electron chi connectivity index (χ1n) is 8.68. The van der Waals surface area contributed by atoms with Gasteiger partial charge in [0.15, 0.2) is 5.69 Å². The molecule has 0 spiro atoms. The quantitative estimate of drug-likeness (QED) is 0.274. The van der Waals surface area contributed by atoms with Crippen molar-refractivity contribution < 1.29 is 23.6 Å². The predicted molar refractivity (Wildman–Crippen MR) is 105 cm³/mol. The molecule has 154 valence electrons.